The molecule has 0 rings (SSSR count). The third-order valence-electron chi connectivity index (χ3n) is 2.54. The summed E-state index contributed by atoms with van der Waals surface area (Å²) in [5, 5.41) is 0. The second-order valence-electron chi connectivity index (χ2n) is 4.69. The number of hydrogen-bond donors (Lipinski definition) is 0. The van der Waals surface area contributed by atoms with Crippen LogP contribution in [-0.2, 0) is 23.9 Å². The number of nitrogens with zero attached hydrogens (tertiary/aromatic N) is 1. The van der Waals surface area contributed by atoms with Gasteiger partial charge in [0.05, 0.1) is 13.2 Å². The zero-order chi connectivity index (χ0) is 16.4. The summed E-state index contributed by atoms with van der Waals surface area (Å²) in [5.41, 5.74) is 0.654. The minimum atomic E-state index is -0.478. The first kappa shape index (κ1) is 18.9. The smallest absolute Gasteiger partial charge is 0.333 e. The largest absolute Gasteiger partial charge is 0.462 e. The summed E-state index contributed by atoms with van der Waals surface area (Å²) in [6, 6.07) is 0. The average molecular weight is 297 g/mol. The maximum Gasteiger partial charge on any atom is 0.333 e. The summed E-state index contributed by atoms with van der Waals surface area (Å²) < 4.78 is 9.87. The summed E-state index contributed by atoms with van der Waals surface area (Å²) in [6.07, 6.45) is 0.507. The number of rotatable bonds is 9. The minimum absolute atomic E-state index is 0.108. The van der Waals surface area contributed by atoms with Gasteiger partial charge in [0.2, 0.25) is 5.91 Å². The molecule has 0 aliphatic carbocycles. The van der Waals surface area contributed by atoms with E-state index in [0.717, 1.165) is 0 Å². The maximum absolute atomic E-state index is 11.4. The zero-order valence-corrected chi connectivity index (χ0v) is 12.9. The normalized spacial score (nSPS) is 9.67. The standard InChI is InChI=1S/C15H23NO5/c1-11(2)14(18)20-9-6-7-16(13(5)17)8-10-21-15(19)12(3)4/h1,3,6-10H2,2,4-5H3. The van der Waals surface area contributed by atoms with Gasteiger partial charge in [0.15, 0.2) is 0 Å². The van der Waals surface area contributed by atoms with Crippen molar-refractivity contribution >= 4 is 17.8 Å². The van der Waals surface area contributed by atoms with Crippen LogP contribution in [0.15, 0.2) is 24.3 Å². The predicted molar refractivity (Wildman–Crippen MR) is 78.4 cm³/mol. The van der Waals surface area contributed by atoms with Crippen molar-refractivity contribution in [1.82, 2.24) is 4.90 Å². The fraction of sp³-hybridized carbons (Fsp3) is 0.533. The molecule has 0 saturated heterocycles. The van der Waals surface area contributed by atoms with Gasteiger partial charge in [-0.05, 0) is 20.3 Å². The maximum atomic E-state index is 11.4. The lowest BCUT2D eigenvalue weighted by atomic mass is 10.3. The van der Waals surface area contributed by atoms with Gasteiger partial charge in [-0.1, -0.05) is 13.2 Å². The molecule has 0 atom stereocenters. The highest BCUT2D eigenvalue weighted by Crippen LogP contribution is 1.98. The van der Waals surface area contributed by atoms with E-state index in [9.17, 15) is 14.4 Å². The molecule has 0 fully saturated rings. The number of carbonyl (C=O) groups excluding carboxylic acids is 3. The van der Waals surface area contributed by atoms with E-state index in [4.69, 9.17) is 9.47 Å². The van der Waals surface area contributed by atoms with E-state index in [2.05, 4.69) is 13.2 Å². The lowest BCUT2D eigenvalue weighted by molar-refractivity contribution is -0.142. The molecule has 0 N–H and O–H groups in total. The molecule has 1 amide bonds. The second-order valence-corrected chi connectivity index (χ2v) is 4.69. The molecule has 0 saturated carbocycles. The Morgan fingerprint density at radius 1 is 0.857 bits per heavy atom. The SMILES string of the molecule is C=C(C)C(=O)OCCCN(CCOC(=O)C(=C)C)C(C)=O. The second kappa shape index (κ2) is 9.74. The van der Waals surface area contributed by atoms with Gasteiger partial charge < -0.3 is 14.4 Å². The first-order chi connectivity index (χ1) is 9.75. The van der Waals surface area contributed by atoms with Crippen LogP contribution >= 0.6 is 0 Å². The van der Waals surface area contributed by atoms with E-state index < -0.39 is 11.9 Å². The van der Waals surface area contributed by atoms with Crippen LogP contribution in [0.2, 0.25) is 0 Å². The number of ether oxygens (including phenoxy) is 2. The highest BCUT2D eigenvalue weighted by atomic mass is 16.5. The molecule has 21 heavy (non-hydrogen) atoms. The monoisotopic (exact) mass is 297 g/mol. The number of amides is 1. The van der Waals surface area contributed by atoms with Gasteiger partial charge in [-0.25, -0.2) is 9.59 Å². The molecule has 0 heterocycles. The van der Waals surface area contributed by atoms with Gasteiger partial charge in [0.25, 0.3) is 0 Å². The third kappa shape index (κ3) is 8.62. The van der Waals surface area contributed by atoms with Crippen LogP contribution in [0.3, 0.4) is 0 Å². The zero-order valence-electron chi connectivity index (χ0n) is 12.9. The summed E-state index contributed by atoms with van der Waals surface area (Å²) in [5.74, 6) is -1.05. The van der Waals surface area contributed by atoms with Gasteiger partial charge in [-0.2, -0.15) is 0 Å². The van der Waals surface area contributed by atoms with Crippen molar-refractivity contribution in [3.8, 4) is 0 Å². The lowest BCUT2D eigenvalue weighted by Crippen LogP contribution is -2.34. The Labute approximate surface area is 125 Å². The van der Waals surface area contributed by atoms with E-state index in [1.165, 1.54) is 11.8 Å². The molecule has 0 aliphatic rings. The Hall–Kier alpha value is -2.11. The molecule has 0 bridgehead atoms. The van der Waals surface area contributed by atoms with Gasteiger partial charge in [-0.3, -0.25) is 4.79 Å². The number of carbonyl (C=O) groups is 3. The average Bonchev–Trinajstić information content (AvgIpc) is 2.40. The molecular formula is C15H23NO5. The van der Waals surface area contributed by atoms with Gasteiger partial charge in [-0.15, -0.1) is 0 Å². The molecule has 0 aromatic heterocycles. The Morgan fingerprint density at radius 3 is 1.76 bits per heavy atom. The van der Waals surface area contributed by atoms with Crippen molar-refractivity contribution in [2.24, 2.45) is 0 Å². The quantitative estimate of drug-likeness (QED) is 0.366. The van der Waals surface area contributed by atoms with Gasteiger partial charge in [0.1, 0.15) is 6.61 Å². The fourth-order valence-corrected chi connectivity index (χ4v) is 1.34. The Bertz CT molecular complexity index is 428. The molecule has 0 radical (unpaired) electrons. The summed E-state index contributed by atoms with van der Waals surface area (Å²) >= 11 is 0. The first-order valence-corrected chi connectivity index (χ1v) is 6.66. The molecule has 0 spiro atoms. The van der Waals surface area contributed by atoms with Crippen LogP contribution in [0.25, 0.3) is 0 Å². The topological polar surface area (TPSA) is 72.9 Å². The van der Waals surface area contributed by atoms with E-state index >= 15 is 0 Å². The van der Waals surface area contributed by atoms with Crippen molar-refractivity contribution in [2.45, 2.75) is 27.2 Å². The number of hydrogen-bond acceptors (Lipinski definition) is 5. The van der Waals surface area contributed by atoms with E-state index in [-0.39, 0.29) is 19.1 Å². The van der Waals surface area contributed by atoms with Crippen molar-refractivity contribution in [2.75, 3.05) is 26.3 Å². The van der Waals surface area contributed by atoms with Crippen LogP contribution in [0.1, 0.15) is 27.2 Å². The van der Waals surface area contributed by atoms with Crippen molar-refractivity contribution in [1.29, 1.82) is 0 Å². The molecule has 0 aromatic carbocycles. The highest BCUT2D eigenvalue weighted by molar-refractivity contribution is 5.87. The van der Waals surface area contributed by atoms with Crippen LogP contribution in [-0.4, -0.2) is 49.0 Å². The molecule has 6 heteroatoms. The van der Waals surface area contributed by atoms with Crippen LogP contribution < -0.4 is 0 Å². The minimum Gasteiger partial charge on any atom is -0.462 e. The van der Waals surface area contributed by atoms with E-state index in [1.54, 1.807) is 13.8 Å². The highest BCUT2D eigenvalue weighted by Gasteiger charge is 2.11. The van der Waals surface area contributed by atoms with Crippen molar-refractivity contribution in [3.05, 3.63) is 24.3 Å². The Kier molecular flexibility index (Phi) is 8.76. The van der Waals surface area contributed by atoms with Crippen LogP contribution in [0, 0.1) is 0 Å². The van der Waals surface area contributed by atoms with Gasteiger partial charge >= 0.3 is 11.9 Å². The van der Waals surface area contributed by atoms with E-state index in [1.807, 2.05) is 0 Å². The van der Waals surface area contributed by atoms with Crippen molar-refractivity contribution < 1.29 is 23.9 Å². The Balaban J connectivity index is 4.01. The molecule has 0 aliphatic heterocycles. The summed E-state index contributed by atoms with van der Waals surface area (Å²) in [4.78, 5) is 35.3. The fourth-order valence-electron chi connectivity index (χ4n) is 1.34. The lowest BCUT2D eigenvalue weighted by Gasteiger charge is -2.20. The van der Waals surface area contributed by atoms with Crippen LogP contribution in [0.4, 0.5) is 0 Å². The van der Waals surface area contributed by atoms with Crippen LogP contribution in [0.5, 0.6) is 0 Å². The molecular weight excluding hydrogens is 274 g/mol. The molecule has 0 unspecified atom stereocenters. The summed E-state index contributed by atoms with van der Waals surface area (Å²) in [7, 11) is 0. The predicted octanol–water partition coefficient (Wildman–Crippen LogP) is 1.46. The number of esters is 2. The first-order valence-electron chi connectivity index (χ1n) is 6.66. The third-order valence-corrected chi connectivity index (χ3v) is 2.54. The molecule has 0 aromatic rings. The van der Waals surface area contributed by atoms with E-state index in [0.29, 0.717) is 30.7 Å². The van der Waals surface area contributed by atoms with Crippen molar-refractivity contribution in [3.63, 3.8) is 0 Å². The Morgan fingerprint density at radius 2 is 1.33 bits per heavy atom. The summed E-state index contributed by atoms with van der Waals surface area (Å²) in [6.45, 7) is 12.5. The molecule has 6 nitrogen and oxygen atoms in total. The van der Waals surface area contributed by atoms with Gasteiger partial charge in [0, 0.05) is 24.6 Å². The molecule has 118 valence electrons.